The predicted octanol–water partition coefficient (Wildman–Crippen LogP) is -1.35. The Kier molecular flexibility index (Phi) is 1.92. The summed E-state index contributed by atoms with van der Waals surface area (Å²) in [5.74, 6) is 0. The molecule has 3 N–H and O–H groups in total. The molecule has 1 heterocycles. The van der Waals surface area contributed by atoms with Crippen LogP contribution in [0.4, 0.5) is 0 Å². The van der Waals surface area contributed by atoms with Gasteiger partial charge in [0, 0.05) is 12.2 Å². The smallest absolute Gasteiger partial charge is 0.430 e. The number of hydrogen-bond donors (Lipinski definition) is 3. The summed E-state index contributed by atoms with van der Waals surface area (Å²) in [5, 5.41) is 17.4. The van der Waals surface area contributed by atoms with E-state index in [0.717, 1.165) is 6.54 Å². The van der Waals surface area contributed by atoms with Gasteiger partial charge in [-0.05, 0) is 11.6 Å². The molecule has 2 rings (SSSR count). The van der Waals surface area contributed by atoms with Crippen LogP contribution in [-0.4, -0.2) is 24.3 Å². The summed E-state index contributed by atoms with van der Waals surface area (Å²) in [6, 6.07) is 0. The van der Waals surface area contributed by atoms with Gasteiger partial charge in [-0.1, -0.05) is 6.08 Å². The average molecular weight is 125 g/mol. The van der Waals surface area contributed by atoms with Crippen LogP contribution in [0.2, 0.25) is 0 Å². The maximum absolute atomic E-state index is 7.12. The Labute approximate surface area is 54.0 Å². The summed E-state index contributed by atoms with van der Waals surface area (Å²) in [4.78, 5) is 0. The standard InChI is InChI=1S/C5H5N.BH3O2/c1-2-5-4(1)3-6-5;2-1-3/h1-2,6H,3H2;1-3H. The first-order valence-electron chi connectivity index (χ1n) is 2.75. The molecule has 1 aliphatic heterocycles. The van der Waals surface area contributed by atoms with Gasteiger partial charge in [0.25, 0.3) is 0 Å². The lowest BCUT2D eigenvalue weighted by molar-refractivity contribution is 0.448. The van der Waals surface area contributed by atoms with Gasteiger partial charge in [0.15, 0.2) is 0 Å². The van der Waals surface area contributed by atoms with Crippen molar-refractivity contribution in [2.45, 2.75) is 0 Å². The number of allylic oxidation sites excluding steroid dienone is 2. The van der Waals surface area contributed by atoms with Gasteiger partial charge < -0.3 is 15.4 Å². The van der Waals surface area contributed by atoms with Gasteiger partial charge in [-0.25, -0.2) is 0 Å². The van der Waals surface area contributed by atoms with E-state index in [2.05, 4.69) is 17.5 Å². The van der Waals surface area contributed by atoms with E-state index < -0.39 is 7.69 Å². The molecule has 1 fully saturated rings. The summed E-state index contributed by atoms with van der Waals surface area (Å²) < 4.78 is 0. The molecule has 0 amide bonds. The highest BCUT2D eigenvalue weighted by Crippen LogP contribution is 2.23. The highest BCUT2D eigenvalue weighted by atomic mass is 16.4. The van der Waals surface area contributed by atoms with Crippen LogP contribution in [0.15, 0.2) is 23.4 Å². The van der Waals surface area contributed by atoms with E-state index in [4.69, 9.17) is 10.0 Å². The van der Waals surface area contributed by atoms with Crippen molar-refractivity contribution < 1.29 is 10.0 Å². The van der Waals surface area contributed by atoms with Crippen molar-refractivity contribution in [3.05, 3.63) is 23.4 Å². The van der Waals surface area contributed by atoms with Crippen molar-refractivity contribution in [1.82, 2.24) is 5.32 Å². The number of rotatable bonds is 0. The molecule has 4 heteroatoms. The minimum Gasteiger partial charge on any atom is -0.430 e. The van der Waals surface area contributed by atoms with Crippen molar-refractivity contribution in [1.29, 1.82) is 0 Å². The van der Waals surface area contributed by atoms with Gasteiger partial charge >= 0.3 is 7.69 Å². The molecule has 0 aromatic rings. The summed E-state index contributed by atoms with van der Waals surface area (Å²) in [5.41, 5.74) is 2.85. The quantitative estimate of drug-likeness (QED) is 0.351. The van der Waals surface area contributed by atoms with E-state index in [9.17, 15) is 0 Å². The van der Waals surface area contributed by atoms with E-state index >= 15 is 0 Å². The van der Waals surface area contributed by atoms with Crippen LogP contribution in [0, 0.1) is 0 Å². The van der Waals surface area contributed by atoms with Crippen molar-refractivity contribution in [2.75, 3.05) is 6.54 Å². The predicted molar refractivity (Wildman–Crippen MR) is 35.8 cm³/mol. The molecule has 0 aromatic heterocycles. The summed E-state index contributed by atoms with van der Waals surface area (Å²) >= 11 is 0. The largest absolute Gasteiger partial charge is 0.432 e. The first-order chi connectivity index (χ1) is 4.38. The average Bonchev–Trinajstić information content (AvgIpc) is 1.81. The van der Waals surface area contributed by atoms with Gasteiger partial charge in [-0.3, -0.25) is 0 Å². The molecule has 3 nitrogen and oxygen atoms in total. The molecule has 0 saturated carbocycles. The van der Waals surface area contributed by atoms with Crippen LogP contribution in [0.3, 0.4) is 0 Å². The third-order valence-electron chi connectivity index (χ3n) is 1.27. The van der Waals surface area contributed by atoms with Gasteiger partial charge in [-0.15, -0.1) is 0 Å². The molecule has 1 aliphatic carbocycles. The van der Waals surface area contributed by atoms with Crippen LogP contribution in [0.25, 0.3) is 0 Å². The third-order valence-corrected chi connectivity index (χ3v) is 1.27. The molecule has 0 atom stereocenters. The van der Waals surface area contributed by atoms with Crippen molar-refractivity contribution in [3.8, 4) is 0 Å². The topological polar surface area (TPSA) is 52.5 Å². The Hall–Kier alpha value is -0.735. The van der Waals surface area contributed by atoms with E-state index in [1.807, 2.05) is 0 Å². The van der Waals surface area contributed by atoms with Crippen molar-refractivity contribution in [3.63, 3.8) is 0 Å². The molecular formula is C5H8BNO2. The number of hydrogen-bond acceptors (Lipinski definition) is 3. The zero-order chi connectivity index (χ0) is 6.69. The van der Waals surface area contributed by atoms with E-state index in [1.54, 1.807) is 0 Å². The lowest BCUT2D eigenvalue weighted by atomic mass is 9.97. The zero-order valence-electron chi connectivity index (χ0n) is 4.96. The van der Waals surface area contributed by atoms with Crippen LogP contribution in [0.5, 0.6) is 0 Å². The highest BCUT2D eigenvalue weighted by molar-refractivity contribution is 6.13. The first kappa shape index (κ1) is 6.39. The maximum Gasteiger partial charge on any atom is 0.432 e. The molecule has 2 aliphatic rings. The monoisotopic (exact) mass is 125 g/mol. The molecule has 0 unspecified atom stereocenters. The lowest BCUT2D eigenvalue weighted by Crippen LogP contribution is -2.34. The van der Waals surface area contributed by atoms with Crippen LogP contribution in [-0.2, 0) is 0 Å². The second kappa shape index (κ2) is 2.71. The molecule has 1 saturated heterocycles. The third kappa shape index (κ3) is 1.14. The van der Waals surface area contributed by atoms with Gasteiger partial charge in [0.1, 0.15) is 0 Å². The Morgan fingerprint density at radius 2 is 2.00 bits per heavy atom. The molecule has 0 radical (unpaired) electrons. The second-order valence-corrected chi connectivity index (χ2v) is 1.77. The van der Waals surface area contributed by atoms with E-state index in [1.165, 1.54) is 11.3 Å². The Bertz CT molecular complexity index is 146. The van der Waals surface area contributed by atoms with Gasteiger partial charge in [-0.2, -0.15) is 0 Å². The Morgan fingerprint density at radius 1 is 1.44 bits per heavy atom. The van der Waals surface area contributed by atoms with E-state index in [0.29, 0.717) is 0 Å². The fourth-order valence-electron chi connectivity index (χ4n) is 0.695. The maximum atomic E-state index is 7.12. The number of dihydropyridines is 1. The normalized spacial score (nSPS) is 17.6. The minimum absolute atomic E-state index is 0.750. The highest BCUT2D eigenvalue weighted by Gasteiger charge is 2.18. The summed E-state index contributed by atoms with van der Waals surface area (Å²) in [6.45, 7) is 1.10. The fraction of sp³-hybridized carbons (Fsp3) is 0.200. The second-order valence-electron chi connectivity index (χ2n) is 1.77. The van der Waals surface area contributed by atoms with Crippen LogP contribution in [0.1, 0.15) is 0 Å². The molecule has 48 valence electrons. The SMILES string of the molecule is C1=C2CNC2=C1.OBO. The van der Waals surface area contributed by atoms with Crippen molar-refractivity contribution in [2.24, 2.45) is 0 Å². The summed E-state index contributed by atoms with van der Waals surface area (Å²) in [6.07, 6.45) is 4.24. The van der Waals surface area contributed by atoms with Gasteiger partial charge in [0.05, 0.1) is 0 Å². The number of fused-ring (bicyclic) bond motifs is 1. The first-order valence-corrected chi connectivity index (χ1v) is 2.75. The Balaban J connectivity index is 0.000000120. The lowest BCUT2D eigenvalue weighted by Gasteiger charge is -2.29. The molecule has 9 heavy (non-hydrogen) atoms. The van der Waals surface area contributed by atoms with Crippen LogP contribution >= 0.6 is 0 Å². The minimum atomic E-state index is -0.750. The molecular weight excluding hydrogens is 117 g/mol. The Morgan fingerprint density at radius 3 is 2.00 bits per heavy atom. The zero-order valence-corrected chi connectivity index (χ0v) is 4.96. The van der Waals surface area contributed by atoms with Gasteiger partial charge in [0.2, 0.25) is 0 Å². The summed E-state index contributed by atoms with van der Waals surface area (Å²) in [7, 11) is -0.750. The number of nitrogens with one attached hydrogen (secondary N) is 1. The molecule has 0 bridgehead atoms. The van der Waals surface area contributed by atoms with Crippen molar-refractivity contribution >= 4 is 7.69 Å². The molecule has 0 aromatic carbocycles. The van der Waals surface area contributed by atoms with E-state index in [-0.39, 0.29) is 0 Å². The fourth-order valence-corrected chi connectivity index (χ4v) is 0.695. The van der Waals surface area contributed by atoms with Crippen LogP contribution < -0.4 is 5.32 Å². The molecule has 0 spiro atoms.